The van der Waals surface area contributed by atoms with Gasteiger partial charge in [0.1, 0.15) is 18.3 Å². The third kappa shape index (κ3) is 3.80. The molecule has 148 valence electrons. The molecule has 3 aromatic rings. The number of furan rings is 1. The van der Waals surface area contributed by atoms with Gasteiger partial charge in [-0.3, -0.25) is 0 Å². The van der Waals surface area contributed by atoms with Crippen LogP contribution in [0, 0.1) is 0 Å². The summed E-state index contributed by atoms with van der Waals surface area (Å²) in [5, 5.41) is 12.0. The van der Waals surface area contributed by atoms with Crippen molar-refractivity contribution in [3.8, 4) is 5.75 Å². The van der Waals surface area contributed by atoms with Crippen LogP contribution in [0.2, 0.25) is 0 Å². The van der Waals surface area contributed by atoms with E-state index < -0.39 is 23.3 Å². The van der Waals surface area contributed by atoms with Crippen molar-refractivity contribution in [1.82, 2.24) is 0 Å². The molecule has 0 aliphatic rings. The Morgan fingerprint density at radius 3 is 2.68 bits per heavy atom. The van der Waals surface area contributed by atoms with Gasteiger partial charge in [0.15, 0.2) is 11.2 Å². The molecule has 1 aromatic carbocycles. The molecule has 0 saturated carbocycles. The van der Waals surface area contributed by atoms with Gasteiger partial charge in [-0.25, -0.2) is 9.59 Å². The normalized spacial score (nSPS) is 13.7. The zero-order valence-corrected chi connectivity index (χ0v) is 16.1. The largest absolute Gasteiger partial charge is 0.483 e. The maximum absolute atomic E-state index is 12.0. The fraction of sp³-hybridized carbons (Fsp3) is 0.333. The minimum atomic E-state index is -1.20. The van der Waals surface area contributed by atoms with Gasteiger partial charge in [-0.2, -0.15) is 0 Å². The van der Waals surface area contributed by atoms with Crippen molar-refractivity contribution >= 4 is 27.9 Å². The standard InChI is InChI=1S/C21H22O7/c1-5-12(2)20(24)28-21(3,4)15(22)11-26-19-17-14(8-9-25-17)10-13-6-7-16(23)27-18(13)19/h5-10,15,22H,11H2,1-4H3. The molecule has 0 bridgehead atoms. The van der Waals surface area contributed by atoms with E-state index in [0.29, 0.717) is 16.5 Å². The Morgan fingerprint density at radius 1 is 1.25 bits per heavy atom. The summed E-state index contributed by atoms with van der Waals surface area (Å²) in [6.07, 6.45) is 1.99. The average Bonchev–Trinajstić information content (AvgIpc) is 3.12. The molecule has 0 fully saturated rings. The highest BCUT2D eigenvalue weighted by Crippen LogP contribution is 2.35. The fourth-order valence-corrected chi connectivity index (χ4v) is 2.61. The quantitative estimate of drug-likeness (QED) is 0.393. The summed E-state index contributed by atoms with van der Waals surface area (Å²) < 4.78 is 21.9. The smallest absolute Gasteiger partial charge is 0.336 e. The number of hydrogen-bond donors (Lipinski definition) is 1. The molecule has 1 atom stereocenters. The molecule has 0 spiro atoms. The van der Waals surface area contributed by atoms with E-state index in [4.69, 9.17) is 18.3 Å². The van der Waals surface area contributed by atoms with Gasteiger partial charge in [0.05, 0.1) is 6.26 Å². The van der Waals surface area contributed by atoms with Crippen molar-refractivity contribution < 1.29 is 28.2 Å². The molecule has 0 radical (unpaired) electrons. The van der Waals surface area contributed by atoms with E-state index in [9.17, 15) is 14.7 Å². The third-order valence-electron chi connectivity index (χ3n) is 4.58. The lowest BCUT2D eigenvalue weighted by Crippen LogP contribution is -2.44. The van der Waals surface area contributed by atoms with Crippen LogP contribution in [-0.4, -0.2) is 29.4 Å². The van der Waals surface area contributed by atoms with Crippen LogP contribution in [0.15, 0.2) is 55.8 Å². The predicted molar refractivity (Wildman–Crippen MR) is 103 cm³/mol. The van der Waals surface area contributed by atoms with E-state index in [1.807, 2.05) is 6.07 Å². The van der Waals surface area contributed by atoms with Gasteiger partial charge in [-0.05, 0) is 45.9 Å². The number of carbonyl (C=O) groups excluding carboxylic acids is 1. The molecule has 0 amide bonds. The predicted octanol–water partition coefficient (Wildman–Crippen LogP) is 3.57. The van der Waals surface area contributed by atoms with Gasteiger partial charge in [0, 0.05) is 22.4 Å². The number of allylic oxidation sites excluding steroid dienone is 1. The van der Waals surface area contributed by atoms with E-state index in [1.165, 1.54) is 12.3 Å². The third-order valence-corrected chi connectivity index (χ3v) is 4.58. The average molecular weight is 386 g/mol. The van der Waals surface area contributed by atoms with Crippen LogP contribution in [-0.2, 0) is 9.53 Å². The van der Waals surface area contributed by atoms with Crippen molar-refractivity contribution in [3.05, 3.63) is 52.6 Å². The first kappa shape index (κ1) is 19.7. The highest BCUT2D eigenvalue weighted by molar-refractivity contribution is 5.99. The van der Waals surface area contributed by atoms with Crippen LogP contribution in [0.1, 0.15) is 27.7 Å². The van der Waals surface area contributed by atoms with E-state index in [2.05, 4.69) is 0 Å². The van der Waals surface area contributed by atoms with Crippen molar-refractivity contribution in [2.75, 3.05) is 6.61 Å². The van der Waals surface area contributed by atoms with Crippen LogP contribution in [0.25, 0.3) is 21.9 Å². The molecule has 7 nitrogen and oxygen atoms in total. The van der Waals surface area contributed by atoms with E-state index >= 15 is 0 Å². The van der Waals surface area contributed by atoms with E-state index in [-0.39, 0.29) is 17.9 Å². The molecule has 2 aromatic heterocycles. The summed E-state index contributed by atoms with van der Waals surface area (Å²) in [6.45, 7) is 6.34. The second kappa shape index (κ2) is 7.52. The highest BCUT2D eigenvalue weighted by Gasteiger charge is 2.33. The number of aliphatic hydroxyl groups is 1. The first-order valence-electron chi connectivity index (χ1n) is 8.84. The molecule has 0 aliphatic carbocycles. The number of ether oxygens (including phenoxy) is 2. The zero-order valence-electron chi connectivity index (χ0n) is 16.1. The van der Waals surface area contributed by atoms with Gasteiger partial charge < -0.3 is 23.4 Å². The monoisotopic (exact) mass is 386 g/mol. The van der Waals surface area contributed by atoms with Gasteiger partial charge in [-0.1, -0.05) is 6.08 Å². The van der Waals surface area contributed by atoms with Crippen LogP contribution in [0.3, 0.4) is 0 Å². The minimum Gasteiger partial charge on any atom is -0.483 e. The maximum atomic E-state index is 12.0. The fourth-order valence-electron chi connectivity index (χ4n) is 2.61. The van der Waals surface area contributed by atoms with Crippen molar-refractivity contribution in [1.29, 1.82) is 0 Å². The summed E-state index contributed by atoms with van der Waals surface area (Å²) in [7, 11) is 0. The summed E-state index contributed by atoms with van der Waals surface area (Å²) in [5.41, 5.74) is -0.667. The second-order valence-electron chi connectivity index (χ2n) is 7.01. The molecule has 28 heavy (non-hydrogen) atoms. The van der Waals surface area contributed by atoms with E-state index in [1.54, 1.807) is 45.9 Å². The molecule has 0 aliphatic heterocycles. The lowest BCUT2D eigenvalue weighted by molar-refractivity contribution is -0.164. The lowest BCUT2D eigenvalue weighted by atomic mass is 10.0. The Bertz CT molecular complexity index is 1100. The first-order chi connectivity index (χ1) is 13.2. The first-order valence-corrected chi connectivity index (χ1v) is 8.84. The number of aliphatic hydroxyl groups excluding tert-OH is 1. The van der Waals surface area contributed by atoms with Gasteiger partial charge >= 0.3 is 11.6 Å². The summed E-state index contributed by atoms with van der Waals surface area (Å²) in [4.78, 5) is 23.7. The Labute approximate surface area is 161 Å². The molecule has 2 heterocycles. The molecule has 1 unspecified atom stereocenters. The Balaban J connectivity index is 1.88. The molecule has 1 N–H and O–H groups in total. The van der Waals surface area contributed by atoms with Crippen LogP contribution in [0.4, 0.5) is 0 Å². The number of hydrogen-bond acceptors (Lipinski definition) is 7. The summed E-state index contributed by atoms with van der Waals surface area (Å²) in [6, 6.07) is 6.52. The van der Waals surface area contributed by atoms with Gasteiger partial charge in [-0.15, -0.1) is 0 Å². The van der Waals surface area contributed by atoms with Crippen LogP contribution in [0.5, 0.6) is 5.75 Å². The molecule has 7 heteroatoms. The number of esters is 1. The van der Waals surface area contributed by atoms with Crippen molar-refractivity contribution in [3.63, 3.8) is 0 Å². The zero-order chi connectivity index (χ0) is 20.5. The summed E-state index contributed by atoms with van der Waals surface area (Å²) in [5.74, 6) is -0.308. The Morgan fingerprint density at radius 2 is 1.96 bits per heavy atom. The topological polar surface area (TPSA) is 99.1 Å². The minimum absolute atomic E-state index is 0.206. The van der Waals surface area contributed by atoms with Crippen LogP contribution >= 0.6 is 0 Å². The van der Waals surface area contributed by atoms with Crippen LogP contribution < -0.4 is 10.4 Å². The van der Waals surface area contributed by atoms with Crippen molar-refractivity contribution in [2.24, 2.45) is 0 Å². The molecule has 3 rings (SSSR count). The molecule has 0 saturated heterocycles. The summed E-state index contributed by atoms with van der Waals surface area (Å²) >= 11 is 0. The second-order valence-corrected chi connectivity index (χ2v) is 7.01. The number of fused-ring (bicyclic) bond motifs is 2. The van der Waals surface area contributed by atoms with Gasteiger partial charge in [0.2, 0.25) is 5.75 Å². The maximum Gasteiger partial charge on any atom is 0.336 e. The number of benzene rings is 1. The van der Waals surface area contributed by atoms with Crippen molar-refractivity contribution in [2.45, 2.75) is 39.4 Å². The van der Waals surface area contributed by atoms with Gasteiger partial charge in [0.25, 0.3) is 0 Å². The molecular weight excluding hydrogens is 364 g/mol. The lowest BCUT2D eigenvalue weighted by Gasteiger charge is -2.30. The number of rotatable bonds is 6. The Kier molecular flexibility index (Phi) is 5.29. The SMILES string of the molecule is CC=C(C)C(=O)OC(C)(C)C(O)COc1c2occc2cc2ccc(=O)oc12. The number of carbonyl (C=O) groups is 1. The molecular formula is C21H22O7. The van der Waals surface area contributed by atoms with E-state index in [0.717, 1.165) is 5.39 Å². The Hall–Kier alpha value is -3.06. The highest BCUT2D eigenvalue weighted by atomic mass is 16.6.